The second kappa shape index (κ2) is 8.31. The van der Waals surface area contributed by atoms with Gasteiger partial charge in [0.05, 0.1) is 28.1 Å². The van der Waals surface area contributed by atoms with Gasteiger partial charge in [-0.2, -0.15) is 0 Å². The Kier molecular flexibility index (Phi) is 6.42. The van der Waals surface area contributed by atoms with Crippen molar-refractivity contribution in [2.45, 2.75) is 25.7 Å². The lowest BCUT2D eigenvalue weighted by Crippen LogP contribution is -2.40. The lowest BCUT2D eigenvalue weighted by atomic mass is 9.92. The maximum atomic E-state index is 12.0. The monoisotopic (exact) mass is 357 g/mol. The van der Waals surface area contributed by atoms with Crippen LogP contribution in [0.15, 0.2) is 18.2 Å². The number of ether oxygens (including phenoxy) is 1. The van der Waals surface area contributed by atoms with Gasteiger partial charge < -0.3 is 10.1 Å². The highest BCUT2D eigenvalue weighted by Gasteiger charge is 2.28. The van der Waals surface area contributed by atoms with Crippen LogP contribution in [-0.2, 0) is 14.3 Å². The van der Waals surface area contributed by atoms with Crippen LogP contribution in [-0.4, -0.2) is 30.8 Å². The SMILES string of the molecule is O=C(OCCCC(=O)[C@@H]1CCCNC1=O)c1c(Cl)cccc1Cl. The molecule has 0 aromatic heterocycles. The van der Waals surface area contributed by atoms with Gasteiger partial charge in [-0.1, -0.05) is 29.3 Å². The number of esters is 1. The van der Waals surface area contributed by atoms with Crippen molar-refractivity contribution in [3.63, 3.8) is 0 Å². The average Bonchev–Trinajstić information content (AvgIpc) is 2.51. The number of carbonyl (C=O) groups excluding carboxylic acids is 3. The van der Waals surface area contributed by atoms with E-state index in [0.29, 0.717) is 19.4 Å². The third kappa shape index (κ3) is 4.69. The molecule has 1 atom stereocenters. The van der Waals surface area contributed by atoms with Crippen molar-refractivity contribution in [1.82, 2.24) is 5.32 Å². The van der Waals surface area contributed by atoms with Crippen molar-refractivity contribution in [2.24, 2.45) is 5.92 Å². The van der Waals surface area contributed by atoms with Crippen LogP contribution in [0.5, 0.6) is 0 Å². The Bertz CT molecular complexity index is 598. The number of ketones is 1. The van der Waals surface area contributed by atoms with Gasteiger partial charge in [-0.05, 0) is 31.4 Å². The summed E-state index contributed by atoms with van der Waals surface area (Å²) < 4.78 is 5.09. The molecule has 0 aliphatic carbocycles. The Balaban J connectivity index is 1.78. The van der Waals surface area contributed by atoms with Gasteiger partial charge in [-0.15, -0.1) is 0 Å². The highest BCUT2D eigenvalue weighted by molar-refractivity contribution is 6.39. The lowest BCUT2D eigenvalue weighted by molar-refractivity contribution is -0.135. The Hall–Kier alpha value is -1.59. The maximum Gasteiger partial charge on any atom is 0.341 e. The van der Waals surface area contributed by atoms with Crippen molar-refractivity contribution >= 4 is 40.9 Å². The second-order valence-corrected chi connectivity index (χ2v) is 6.10. The lowest BCUT2D eigenvalue weighted by Gasteiger charge is -2.20. The Labute approximate surface area is 144 Å². The van der Waals surface area contributed by atoms with Crippen LogP contribution in [0.4, 0.5) is 0 Å². The van der Waals surface area contributed by atoms with E-state index in [9.17, 15) is 14.4 Å². The first-order valence-corrected chi connectivity index (χ1v) is 8.18. The van der Waals surface area contributed by atoms with Crippen LogP contribution in [0.3, 0.4) is 0 Å². The molecule has 5 nitrogen and oxygen atoms in total. The minimum absolute atomic E-state index is 0.0699. The van der Waals surface area contributed by atoms with Gasteiger partial charge in [-0.25, -0.2) is 4.79 Å². The summed E-state index contributed by atoms with van der Waals surface area (Å²) in [6.45, 7) is 0.694. The van der Waals surface area contributed by atoms with E-state index in [0.717, 1.165) is 6.42 Å². The van der Waals surface area contributed by atoms with Crippen LogP contribution in [0.25, 0.3) is 0 Å². The number of piperidine rings is 1. The molecule has 1 aliphatic heterocycles. The van der Waals surface area contributed by atoms with E-state index in [1.165, 1.54) is 0 Å². The molecule has 1 N–H and O–H groups in total. The summed E-state index contributed by atoms with van der Waals surface area (Å²) >= 11 is 11.8. The summed E-state index contributed by atoms with van der Waals surface area (Å²) in [4.78, 5) is 35.5. The molecule has 1 amide bonds. The number of Topliss-reactive ketones (excluding diaryl/α,β-unsaturated/α-hetero) is 1. The second-order valence-electron chi connectivity index (χ2n) is 5.29. The number of hydrogen-bond acceptors (Lipinski definition) is 4. The number of benzene rings is 1. The molecule has 0 unspecified atom stereocenters. The summed E-state index contributed by atoms with van der Waals surface area (Å²) in [5.41, 5.74) is 0.119. The zero-order valence-electron chi connectivity index (χ0n) is 12.4. The van der Waals surface area contributed by atoms with E-state index in [1.54, 1.807) is 18.2 Å². The van der Waals surface area contributed by atoms with Gasteiger partial charge in [0.25, 0.3) is 0 Å². The fourth-order valence-corrected chi connectivity index (χ4v) is 2.98. The van der Waals surface area contributed by atoms with Crippen LogP contribution >= 0.6 is 23.2 Å². The Morgan fingerprint density at radius 3 is 2.61 bits per heavy atom. The molecular formula is C16H17Cl2NO4. The van der Waals surface area contributed by atoms with Crippen LogP contribution < -0.4 is 5.32 Å². The fraction of sp³-hybridized carbons (Fsp3) is 0.438. The Morgan fingerprint density at radius 1 is 1.26 bits per heavy atom. The van der Waals surface area contributed by atoms with Gasteiger partial charge in [0.2, 0.25) is 5.91 Å². The van der Waals surface area contributed by atoms with E-state index < -0.39 is 11.9 Å². The topological polar surface area (TPSA) is 72.5 Å². The molecule has 124 valence electrons. The molecule has 1 aromatic carbocycles. The predicted octanol–water partition coefficient (Wildman–Crippen LogP) is 3.03. The predicted molar refractivity (Wildman–Crippen MR) is 86.7 cm³/mol. The molecule has 0 bridgehead atoms. The largest absolute Gasteiger partial charge is 0.462 e. The molecule has 0 saturated carbocycles. The molecule has 1 saturated heterocycles. The molecule has 0 radical (unpaired) electrons. The normalized spacial score (nSPS) is 17.5. The van der Waals surface area contributed by atoms with Crippen molar-refractivity contribution < 1.29 is 19.1 Å². The number of rotatable bonds is 6. The smallest absolute Gasteiger partial charge is 0.341 e. The number of amides is 1. The minimum atomic E-state index is -0.622. The quantitative estimate of drug-likeness (QED) is 0.482. The van der Waals surface area contributed by atoms with E-state index in [4.69, 9.17) is 27.9 Å². The van der Waals surface area contributed by atoms with E-state index >= 15 is 0 Å². The number of carbonyl (C=O) groups is 3. The molecule has 2 rings (SSSR count). The van der Waals surface area contributed by atoms with Gasteiger partial charge in [-0.3, -0.25) is 9.59 Å². The Morgan fingerprint density at radius 2 is 1.96 bits per heavy atom. The third-order valence-corrected chi connectivity index (χ3v) is 4.27. The maximum absolute atomic E-state index is 12.0. The van der Waals surface area contributed by atoms with Gasteiger partial charge in [0, 0.05) is 13.0 Å². The first kappa shape index (κ1) is 17.8. The number of nitrogens with one attached hydrogen (secondary N) is 1. The van der Waals surface area contributed by atoms with Gasteiger partial charge in [0.15, 0.2) is 0 Å². The summed E-state index contributed by atoms with van der Waals surface area (Å²) in [5, 5.41) is 3.12. The van der Waals surface area contributed by atoms with Crippen LogP contribution in [0.2, 0.25) is 10.0 Å². The summed E-state index contributed by atoms with van der Waals surface area (Å²) in [6, 6.07) is 4.74. The highest BCUT2D eigenvalue weighted by atomic mass is 35.5. The van der Waals surface area contributed by atoms with E-state index in [1.807, 2.05) is 0 Å². The highest BCUT2D eigenvalue weighted by Crippen LogP contribution is 2.25. The molecule has 0 spiro atoms. The van der Waals surface area contributed by atoms with Crippen LogP contribution in [0.1, 0.15) is 36.0 Å². The zero-order valence-corrected chi connectivity index (χ0v) is 14.0. The molecule has 1 aliphatic rings. The van der Waals surface area contributed by atoms with Gasteiger partial charge >= 0.3 is 5.97 Å². The molecule has 23 heavy (non-hydrogen) atoms. The first-order chi connectivity index (χ1) is 11.0. The average molecular weight is 358 g/mol. The number of hydrogen-bond donors (Lipinski definition) is 1. The zero-order chi connectivity index (χ0) is 16.8. The molecule has 7 heteroatoms. The van der Waals surface area contributed by atoms with E-state index in [-0.39, 0.29) is 40.3 Å². The van der Waals surface area contributed by atoms with Crippen molar-refractivity contribution in [1.29, 1.82) is 0 Å². The molecule has 1 aromatic rings. The first-order valence-electron chi connectivity index (χ1n) is 7.42. The van der Waals surface area contributed by atoms with Crippen LogP contribution in [0, 0.1) is 5.92 Å². The summed E-state index contributed by atoms with van der Waals surface area (Å²) in [5.74, 6) is -1.52. The molecular weight excluding hydrogens is 341 g/mol. The van der Waals surface area contributed by atoms with Crippen molar-refractivity contribution in [3.05, 3.63) is 33.8 Å². The van der Waals surface area contributed by atoms with Crippen molar-refractivity contribution in [2.75, 3.05) is 13.2 Å². The summed E-state index contributed by atoms with van der Waals surface area (Å²) in [7, 11) is 0. The molecule has 1 heterocycles. The standard InChI is InChI=1S/C16H17Cl2NO4/c17-11-5-1-6-12(18)14(11)16(22)23-9-3-7-13(20)10-4-2-8-19-15(10)21/h1,5-6,10H,2-4,7-9H2,(H,19,21)/t10-/m0/s1. The molecule has 1 fully saturated rings. The fourth-order valence-electron chi connectivity index (χ4n) is 2.43. The summed E-state index contributed by atoms with van der Waals surface area (Å²) in [6.07, 6.45) is 1.94. The third-order valence-electron chi connectivity index (χ3n) is 3.64. The number of halogens is 2. The van der Waals surface area contributed by atoms with E-state index in [2.05, 4.69) is 5.32 Å². The van der Waals surface area contributed by atoms with Crippen molar-refractivity contribution in [3.8, 4) is 0 Å². The van der Waals surface area contributed by atoms with Gasteiger partial charge in [0.1, 0.15) is 5.78 Å². The minimum Gasteiger partial charge on any atom is -0.462 e.